The van der Waals surface area contributed by atoms with E-state index >= 15 is 0 Å². The SMILES string of the molecule is Cc1ccnc2nc(-c3cccc(CCN)c3)[nH]c12. The fourth-order valence-electron chi connectivity index (χ4n) is 2.21. The molecular formula is C15H16N4. The lowest BCUT2D eigenvalue weighted by Gasteiger charge is -2.01. The summed E-state index contributed by atoms with van der Waals surface area (Å²) in [5, 5.41) is 0. The molecule has 2 heterocycles. The van der Waals surface area contributed by atoms with E-state index in [1.807, 2.05) is 18.2 Å². The number of nitrogens with one attached hydrogen (secondary N) is 1. The van der Waals surface area contributed by atoms with Crippen LogP contribution in [0, 0.1) is 6.92 Å². The number of imidazole rings is 1. The predicted molar refractivity (Wildman–Crippen MR) is 76.8 cm³/mol. The van der Waals surface area contributed by atoms with Gasteiger partial charge in [-0.15, -0.1) is 0 Å². The van der Waals surface area contributed by atoms with Crippen LogP contribution in [0.25, 0.3) is 22.6 Å². The number of rotatable bonds is 3. The van der Waals surface area contributed by atoms with Crippen LogP contribution in [0.5, 0.6) is 0 Å². The first-order chi connectivity index (χ1) is 9.28. The molecule has 0 saturated carbocycles. The summed E-state index contributed by atoms with van der Waals surface area (Å²) in [5.74, 6) is 0.857. The largest absolute Gasteiger partial charge is 0.336 e. The summed E-state index contributed by atoms with van der Waals surface area (Å²) in [7, 11) is 0. The maximum absolute atomic E-state index is 5.60. The number of pyridine rings is 1. The number of aromatic nitrogens is 3. The van der Waals surface area contributed by atoms with Gasteiger partial charge in [0.15, 0.2) is 5.65 Å². The van der Waals surface area contributed by atoms with Crippen molar-refractivity contribution in [2.45, 2.75) is 13.3 Å². The van der Waals surface area contributed by atoms with Gasteiger partial charge in [0, 0.05) is 11.8 Å². The second kappa shape index (κ2) is 4.82. The zero-order valence-corrected chi connectivity index (χ0v) is 10.9. The van der Waals surface area contributed by atoms with Gasteiger partial charge < -0.3 is 10.7 Å². The van der Waals surface area contributed by atoms with Gasteiger partial charge in [-0.2, -0.15) is 0 Å². The van der Waals surface area contributed by atoms with Crippen molar-refractivity contribution in [2.75, 3.05) is 6.54 Å². The van der Waals surface area contributed by atoms with Gasteiger partial charge in [-0.3, -0.25) is 0 Å². The number of hydrogen-bond acceptors (Lipinski definition) is 3. The van der Waals surface area contributed by atoms with Crippen molar-refractivity contribution in [3.8, 4) is 11.4 Å². The van der Waals surface area contributed by atoms with Crippen LogP contribution in [0.1, 0.15) is 11.1 Å². The Bertz CT molecular complexity index is 715. The highest BCUT2D eigenvalue weighted by atomic mass is 15.0. The number of aromatic amines is 1. The average molecular weight is 252 g/mol. The molecule has 0 atom stereocenters. The van der Waals surface area contributed by atoms with E-state index in [9.17, 15) is 0 Å². The Morgan fingerprint density at radius 3 is 2.95 bits per heavy atom. The number of benzene rings is 1. The molecule has 0 bridgehead atoms. The quantitative estimate of drug-likeness (QED) is 0.752. The molecule has 96 valence electrons. The van der Waals surface area contributed by atoms with Gasteiger partial charge in [-0.25, -0.2) is 9.97 Å². The van der Waals surface area contributed by atoms with Crippen LogP contribution in [-0.4, -0.2) is 21.5 Å². The highest BCUT2D eigenvalue weighted by molar-refractivity contribution is 5.78. The highest BCUT2D eigenvalue weighted by Gasteiger charge is 2.08. The number of nitrogens with two attached hydrogens (primary N) is 1. The molecule has 0 amide bonds. The summed E-state index contributed by atoms with van der Waals surface area (Å²) in [5.41, 5.74) is 10.8. The molecule has 2 aromatic heterocycles. The van der Waals surface area contributed by atoms with E-state index in [1.54, 1.807) is 6.20 Å². The van der Waals surface area contributed by atoms with Crippen LogP contribution in [0.2, 0.25) is 0 Å². The van der Waals surface area contributed by atoms with E-state index in [1.165, 1.54) is 5.56 Å². The lowest BCUT2D eigenvalue weighted by atomic mass is 10.1. The van der Waals surface area contributed by atoms with E-state index in [2.05, 4.69) is 34.0 Å². The van der Waals surface area contributed by atoms with Crippen molar-refractivity contribution < 1.29 is 0 Å². The Labute approximate surface area is 111 Å². The summed E-state index contributed by atoms with van der Waals surface area (Å²) < 4.78 is 0. The zero-order chi connectivity index (χ0) is 13.2. The normalized spacial score (nSPS) is 11.1. The summed E-state index contributed by atoms with van der Waals surface area (Å²) in [6, 6.07) is 10.3. The lowest BCUT2D eigenvalue weighted by molar-refractivity contribution is 0.969. The molecule has 0 aliphatic heterocycles. The van der Waals surface area contributed by atoms with Gasteiger partial charge in [-0.05, 0) is 43.1 Å². The molecule has 3 N–H and O–H groups in total. The Morgan fingerprint density at radius 2 is 2.16 bits per heavy atom. The standard InChI is InChI=1S/C15H16N4/c1-10-6-8-17-15-13(10)18-14(19-15)12-4-2-3-11(9-12)5-7-16/h2-4,6,8-9H,5,7,16H2,1H3,(H,17,18,19). The van der Waals surface area contributed by atoms with E-state index in [0.717, 1.165) is 34.5 Å². The summed E-state index contributed by atoms with van der Waals surface area (Å²) in [4.78, 5) is 12.2. The van der Waals surface area contributed by atoms with Gasteiger partial charge in [0.2, 0.25) is 0 Å². The minimum absolute atomic E-state index is 0.657. The first-order valence-corrected chi connectivity index (χ1v) is 6.38. The second-order valence-corrected chi connectivity index (χ2v) is 4.65. The van der Waals surface area contributed by atoms with Crippen molar-refractivity contribution >= 4 is 11.2 Å². The van der Waals surface area contributed by atoms with Crippen molar-refractivity contribution in [3.05, 3.63) is 47.7 Å². The van der Waals surface area contributed by atoms with Crippen molar-refractivity contribution in [1.82, 2.24) is 15.0 Å². The highest BCUT2D eigenvalue weighted by Crippen LogP contribution is 2.22. The van der Waals surface area contributed by atoms with E-state index in [-0.39, 0.29) is 0 Å². The van der Waals surface area contributed by atoms with E-state index < -0.39 is 0 Å². The van der Waals surface area contributed by atoms with E-state index in [4.69, 9.17) is 5.73 Å². The third-order valence-electron chi connectivity index (χ3n) is 3.23. The number of nitrogens with zero attached hydrogens (tertiary/aromatic N) is 2. The maximum atomic E-state index is 5.60. The monoisotopic (exact) mass is 252 g/mol. The van der Waals surface area contributed by atoms with Crippen LogP contribution in [0.3, 0.4) is 0 Å². The summed E-state index contributed by atoms with van der Waals surface area (Å²) in [6.45, 7) is 2.71. The van der Waals surface area contributed by atoms with Gasteiger partial charge in [0.05, 0.1) is 5.52 Å². The molecule has 3 aromatic rings. The molecule has 3 rings (SSSR count). The number of H-pyrrole nitrogens is 1. The molecular weight excluding hydrogens is 236 g/mol. The minimum Gasteiger partial charge on any atom is -0.336 e. The lowest BCUT2D eigenvalue weighted by Crippen LogP contribution is -2.02. The zero-order valence-electron chi connectivity index (χ0n) is 10.9. The van der Waals surface area contributed by atoms with Crippen LogP contribution in [-0.2, 0) is 6.42 Å². The maximum Gasteiger partial charge on any atom is 0.178 e. The summed E-state index contributed by atoms with van der Waals surface area (Å²) in [6.07, 6.45) is 2.67. The fraction of sp³-hybridized carbons (Fsp3) is 0.200. The Balaban J connectivity index is 2.08. The fourth-order valence-corrected chi connectivity index (χ4v) is 2.21. The van der Waals surface area contributed by atoms with Crippen LogP contribution >= 0.6 is 0 Å². The number of aryl methyl sites for hydroxylation is 1. The Morgan fingerprint density at radius 1 is 1.26 bits per heavy atom. The third kappa shape index (κ3) is 2.22. The van der Waals surface area contributed by atoms with Crippen LogP contribution < -0.4 is 5.73 Å². The number of fused-ring (bicyclic) bond motifs is 1. The smallest absolute Gasteiger partial charge is 0.178 e. The minimum atomic E-state index is 0.657. The molecule has 0 radical (unpaired) electrons. The first-order valence-electron chi connectivity index (χ1n) is 6.38. The van der Waals surface area contributed by atoms with Crippen LogP contribution in [0.15, 0.2) is 36.5 Å². The van der Waals surface area contributed by atoms with Gasteiger partial charge >= 0.3 is 0 Å². The van der Waals surface area contributed by atoms with Crippen molar-refractivity contribution in [3.63, 3.8) is 0 Å². The molecule has 0 spiro atoms. The molecule has 1 aromatic carbocycles. The third-order valence-corrected chi connectivity index (χ3v) is 3.23. The Kier molecular flexibility index (Phi) is 3.01. The van der Waals surface area contributed by atoms with E-state index in [0.29, 0.717) is 6.54 Å². The molecule has 19 heavy (non-hydrogen) atoms. The molecule has 4 heteroatoms. The Hall–Kier alpha value is -2.20. The summed E-state index contributed by atoms with van der Waals surface area (Å²) >= 11 is 0. The average Bonchev–Trinajstić information content (AvgIpc) is 2.85. The molecule has 0 saturated heterocycles. The predicted octanol–water partition coefficient (Wildman–Crippen LogP) is 2.43. The van der Waals surface area contributed by atoms with Gasteiger partial charge in [0.1, 0.15) is 5.82 Å². The van der Waals surface area contributed by atoms with Crippen LogP contribution in [0.4, 0.5) is 0 Å². The van der Waals surface area contributed by atoms with Crippen molar-refractivity contribution in [2.24, 2.45) is 5.73 Å². The van der Waals surface area contributed by atoms with Gasteiger partial charge in [-0.1, -0.05) is 18.2 Å². The molecule has 0 aliphatic rings. The number of hydrogen-bond donors (Lipinski definition) is 2. The van der Waals surface area contributed by atoms with Gasteiger partial charge in [0.25, 0.3) is 0 Å². The molecule has 0 aliphatic carbocycles. The molecule has 0 fully saturated rings. The van der Waals surface area contributed by atoms with Crippen molar-refractivity contribution in [1.29, 1.82) is 0 Å². The molecule has 4 nitrogen and oxygen atoms in total. The first kappa shape index (κ1) is 11.9. The topological polar surface area (TPSA) is 67.6 Å². The second-order valence-electron chi connectivity index (χ2n) is 4.65. The molecule has 0 unspecified atom stereocenters.